The van der Waals surface area contributed by atoms with Crippen molar-refractivity contribution in [3.63, 3.8) is 0 Å². The summed E-state index contributed by atoms with van der Waals surface area (Å²) in [4.78, 5) is 72.8. The number of rotatable bonds is 85. The summed E-state index contributed by atoms with van der Waals surface area (Å²) in [6.45, 7) is 4.95. The lowest BCUT2D eigenvalue weighted by atomic mass is 10.0. The van der Waals surface area contributed by atoms with Gasteiger partial charge in [0.15, 0.2) is 12.2 Å². The fourth-order valence-corrected chi connectivity index (χ4v) is 14.7. The molecular formula is C84H164O17P2. The molecule has 19 heteroatoms. The van der Waals surface area contributed by atoms with E-state index in [-0.39, 0.29) is 25.7 Å². The number of carbonyl (C=O) groups excluding carboxylic acids is 4. The van der Waals surface area contributed by atoms with Crippen LogP contribution in [0.3, 0.4) is 0 Å². The Labute approximate surface area is 632 Å². The predicted molar refractivity (Wildman–Crippen MR) is 423 cm³/mol. The molecule has 0 aromatic heterocycles. The summed E-state index contributed by atoms with van der Waals surface area (Å²) in [5, 5.41) is 10.6. The molecule has 0 fully saturated rings. The highest BCUT2D eigenvalue weighted by atomic mass is 31.2. The van der Waals surface area contributed by atoms with Gasteiger partial charge in [0, 0.05) is 25.7 Å². The topological polar surface area (TPSA) is 237 Å². The first-order valence-electron chi connectivity index (χ1n) is 43.8. The number of unbranched alkanes of at least 4 members (excludes halogenated alkanes) is 59. The van der Waals surface area contributed by atoms with Gasteiger partial charge in [0.2, 0.25) is 0 Å². The Hall–Kier alpha value is -1.94. The fraction of sp³-hybridized carbons (Fsp3) is 0.952. The van der Waals surface area contributed by atoms with Crippen molar-refractivity contribution in [2.45, 2.75) is 476 Å². The normalized spacial score (nSPS) is 13.7. The monoisotopic (exact) mass is 1510 g/mol. The molecular weight excluding hydrogens is 1340 g/mol. The molecule has 0 aliphatic heterocycles. The van der Waals surface area contributed by atoms with Crippen LogP contribution in [0.4, 0.5) is 0 Å². The molecule has 0 aliphatic carbocycles. The SMILES string of the molecule is CCCCCCCCCCCCCCCCCCCCCCCC(=O)O[C@H](COC(=O)CCCCCCCCCCCCCCCCCCCCC)COP(=O)(O)OC[C@@H](O)COP(=O)(O)OC[C@@H](COC(=O)CCCCCCC)OC(=O)CCCCCCCCCCCCCCCCCCCC. The van der Waals surface area contributed by atoms with Gasteiger partial charge in [-0.05, 0) is 25.7 Å². The van der Waals surface area contributed by atoms with Gasteiger partial charge in [0.25, 0.3) is 0 Å². The molecule has 0 saturated heterocycles. The summed E-state index contributed by atoms with van der Waals surface area (Å²) in [6, 6.07) is 0. The van der Waals surface area contributed by atoms with Crippen LogP contribution in [-0.2, 0) is 65.4 Å². The maximum Gasteiger partial charge on any atom is 0.472 e. The number of phosphoric acid groups is 2. The molecule has 0 rings (SSSR count). The number of ether oxygens (including phenoxy) is 4. The van der Waals surface area contributed by atoms with Crippen LogP contribution in [0.1, 0.15) is 458 Å². The highest BCUT2D eigenvalue weighted by Gasteiger charge is 2.30. The number of esters is 4. The van der Waals surface area contributed by atoms with E-state index in [1.54, 1.807) is 0 Å². The Morgan fingerprint density at radius 1 is 0.233 bits per heavy atom. The number of hydrogen-bond donors (Lipinski definition) is 3. The molecule has 0 aliphatic rings. The minimum Gasteiger partial charge on any atom is -0.462 e. The molecule has 0 amide bonds. The highest BCUT2D eigenvalue weighted by Crippen LogP contribution is 2.45. The lowest BCUT2D eigenvalue weighted by molar-refractivity contribution is -0.161. The largest absolute Gasteiger partial charge is 0.472 e. The van der Waals surface area contributed by atoms with E-state index in [0.717, 1.165) is 96.3 Å². The predicted octanol–water partition coefficient (Wildman–Crippen LogP) is 25.7. The Bertz CT molecular complexity index is 1950. The number of hydrogen-bond acceptors (Lipinski definition) is 15. The molecule has 3 N–H and O–H groups in total. The summed E-state index contributed by atoms with van der Waals surface area (Å²) in [5.74, 6) is -2.11. The highest BCUT2D eigenvalue weighted by molar-refractivity contribution is 7.47. The Balaban J connectivity index is 5.10. The third-order valence-corrected chi connectivity index (χ3v) is 21.8. The van der Waals surface area contributed by atoms with Crippen LogP contribution in [-0.4, -0.2) is 96.7 Å². The van der Waals surface area contributed by atoms with Crippen molar-refractivity contribution < 1.29 is 80.2 Å². The zero-order valence-corrected chi connectivity index (χ0v) is 69.1. The molecule has 5 atom stereocenters. The number of aliphatic hydroxyl groups is 1. The molecule has 0 aromatic carbocycles. The average molecular weight is 1510 g/mol. The van der Waals surface area contributed by atoms with Crippen LogP contribution in [0, 0.1) is 0 Å². The minimum absolute atomic E-state index is 0.108. The minimum atomic E-state index is -4.96. The lowest BCUT2D eigenvalue weighted by Gasteiger charge is -2.21. The quantitative estimate of drug-likeness (QED) is 0.0222. The Morgan fingerprint density at radius 3 is 0.573 bits per heavy atom. The van der Waals surface area contributed by atoms with E-state index >= 15 is 0 Å². The van der Waals surface area contributed by atoms with Gasteiger partial charge in [-0.15, -0.1) is 0 Å². The van der Waals surface area contributed by atoms with Crippen molar-refractivity contribution in [2.24, 2.45) is 0 Å². The van der Waals surface area contributed by atoms with Crippen molar-refractivity contribution >= 4 is 39.5 Å². The van der Waals surface area contributed by atoms with Crippen LogP contribution in [0.15, 0.2) is 0 Å². The van der Waals surface area contributed by atoms with Gasteiger partial charge in [-0.2, -0.15) is 0 Å². The van der Waals surface area contributed by atoms with Crippen LogP contribution in [0.5, 0.6) is 0 Å². The Morgan fingerprint density at radius 2 is 0.388 bits per heavy atom. The van der Waals surface area contributed by atoms with Crippen LogP contribution < -0.4 is 0 Å². The molecule has 103 heavy (non-hydrogen) atoms. The molecule has 2 unspecified atom stereocenters. The van der Waals surface area contributed by atoms with Crippen LogP contribution in [0.25, 0.3) is 0 Å². The number of phosphoric ester groups is 2. The third kappa shape index (κ3) is 78.0. The van der Waals surface area contributed by atoms with Crippen molar-refractivity contribution in [2.75, 3.05) is 39.6 Å². The average Bonchev–Trinajstić information content (AvgIpc) is 0.913. The summed E-state index contributed by atoms with van der Waals surface area (Å²) in [6.07, 6.45) is 72.8. The number of carbonyl (C=O) groups is 4. The van der Waals surface area contributed by atoms with Gasteiger partial charge in [-0.1, -0.05) is 407 Å². The van der Waals surface area contributed by atoms with E-state index in [0.29, 0.717) is 25.7 Å². The first kappa shape index (κ1) is 101. The smallest absolute Gasteiger partial charge is 0.462 e. The molecule has 0 saturated carbocycles. The molecule has 0 radical (unpaired) electrons. The molecule has 0 bridgehead atoms. The van der Waals surface area contributed by atoms with Gasteiger partial charge < -0.3 is 33.8 Å². The van der Waals surface area contributed by atoms with Gasteiger partial charge in [-0.3, -0.25) is 37.3 Å². The van der Waals surface area contributed by atoms with Crippen molar-refractivity contribution in [1.29, 1.82) is 0 Å². The van der Waals surface area contributed by atoms with Crippen molar-refractivity contribution in [1.82, 2.24) is 0 Å². The Kier molecular flexibility index (Phi) is 76.7. The molecule has 0 spiro atoms. The summed E-state index contributed by atoms with van der Waals surface area (Å²) >= 11 is 0. The van der Waals surface area contributed by atoms with Gasteiger partial charge in [0.1, 0.15) is 19.3 Å². The molecule has 0 aromatic rings. The summed E-state index contributed by atoms with van der Waals surface area (Å²) in [5.41, 5.74) is 0. The first-order chi connectivity index (χ1) is 50.2. The maximum absolute atomic E-state index is 13.1. The van der Waals surface area contributed by atoms with Crippen LogP contribution in [0.2, 0.25) is 0 Å². The second kappa shape index (κ2) is 78.2. The number of aliphatic hydroxyl groups excluding tert-OH is 1. The molecule has 0 heterocycles. The van der Waals surface area contributed by atoms with Gasteiger partial charge in [0.05, 0.1) is 26.4 Å². The molecule has 612 valence electrons. The second-order valence-electron chi connectivity index (χ2n) is 30.2. The standard InChI is InChI=1S/C84H164O17P2/c1-5-9-13-17-20-23-26-29-32-35-38-39-41-44-47-50-53-56-59-63-67-71-84(89)101-80(75-95-82(87)69-65-61-57-54-51-48-45-43-40-36-33-30-27-24-21-18-14-10-6-2)77-99-103(92,93)97-73-78(85)72-96-102(90,91)98-76-79(74-94-81(86)68-64-60-16-12-8-4)100-83(88)70-66-62-58-55-52-49-46-42-37-34-31-28-25-22-19-15-11-7-3/h78-80,85H,5-77H2,1-4H3,(H,90,91)(H,92,93)/t78-,79+,80+/m0/s1. The van der Waals surface area contributed by atoms with Gasteiger partial charge >= 0.3 is 39.5 Å². The van der Waals surface area contributed by atoms with Crippen molar-refractivity contribution in [3.05, 3.63) is 0 Å². The first-order valence-corrected chi connectivity index (χ1v) is 46.8. The fourth-order valence-electron chi connectivity index (χ4n) is 13.2. The van der Waals surface area contributed by atoms with Crippen molar-refractivity contribution in [3.8, 4) is 0 Å². The zero-order valence-electron chi connectivity index (χ0n) is 67.3. The van der Waals surface area contributed by atoms with E-state index in [2.05, 4.69) is 27.7 Å². The maximum atomic E-state index is 13.1. The van der Waals surface area contributed by atoms with E-state index in [4.69, 9.17) is 37.0 Å². The van der Waals surface area contributed by atoms with Crippen LogP contribution >= 0.6 is 15.6 Å². The molecule has 17 nitrogen and oxygen atoms in total. The lowest BCUT2D eigenvalue weighted by Crippen LogP contribution is -2.30. The van der Waals surface area contributed by atoms with E-state index in [1.807, 2.05) is 0 Å². The van der Waals surface area contributed by atoms with E-state index < -0.39 is 97.5 Å². The third-order valence-electron chi connectivity index (χ3n) is 19.9. The van der Waals surface area contributed by atoms with E-state index in [1.165, 1.54) is 283 Å². The van der Waals surface area contributed by atoms with E-state index in [9.17, 15) is 43.2 Å². The second-order valence-corrected chi connectivity index (χ2v) is 33.1. The van der Waals surface area contributed by atoms with Gasteiger partial charge in [-0.25, -0.2) is 9.13 Å². The summed E-state index contributed by atoms with van der Waals surface area (Å²) in [7, 11) is -9.91. The summed E-state index contributed by atoms with van der Waals surface area (Å²) < 4.78 is 68.6. The zero-order chi connectivity index (χ0) is 75.3.